The van der Waals surface area contributed by atoms with Crippen LogP contribution in [0.15, 0.2) is 16.1 Å². The number of anilines is 1. The van der Waals surface area contributed by atoms with E-state index in [9.17, 15) is 4.79 Å². The first-order valence-corrected chi connectivity index (χ1v) is 10.6. The summed E-state index contributed by atoms with van der Waals surface area (Å²) in [4.78, 5) is 33.4. The summed E-state index contributed by atoms with van der Waals surface area (Å²) in [6.07, 6.45) is 2.70. The predicted molar refractivity (Wildman–Crippen MR) is 115 cm³/mol. The second-order valence-electron chi connectivity index (χ2n) is 7.77. The number of nitrogens with zero attached hydrogens (tertiary/aromatic N) is 6. The maximum absolute atomic E-state index is 11.6. The number of guanidine groups is 1. The van der Waals surface area contributed by atoms with Gasteiger partial charge in [0, 0.05) is 65.3 Å². The van der Waals surface area contributed by atoms with E-state index in [1.165, 1.54) is 0 Å². The van der Waals surface area contributed by atoms with Gasteiger partial charge in [0.15, 0.2) is 6.23 Å². The molecule has 2 saturated heterocycles. The monoisotopic (exact) mass is 431 g/mol. The lowest BCUT2D eigenvalue weighted by Crippen LogP contribution is -2.41. The molecule has 168 valence electrons. The molecule has 11 heteroatoms. The number of carbonyl (C=O) groups excluding carboxylic acids is 1. The topological polar surface area (TPSA) is 128 Å². The maximum Gasteiger partial charge on any atom is 0.229 e. The molecule has 11 nitrogen and oxygen atoms in total. The summed E-state index contributed by atoms with van der Waals surface area (Å²) >= 11 is 0. The summed E-state index contributed by atoms with van der Waals surface area (Å²) in [7, 11) is 1.58. The van der Waals surface area contributed by atoms with Crippen molar-refractivity contribution in [3.8, 4) is 5.88 Å². The van der Waals surface area contributed by atoms with Gasteiger partial charge in [0.25, 0.3) is 0 Å². The number of piperidine rings is 1. The van der Waals surface area contributed by atoms with Crippen molar-refractivity contribution in [2.24, 2.45) is 15.7 Å². The zero-order valence-electron chi connectivity index (χ0n) is 17.9. The third-order valence-corrected chi connectivity index (χ3v) is 5.70. The molecule has 0 radical (unpaired) electrons. The Morgan fingerprint density at radius 1 is 1.19 bits per heavy atom. The molecule has 1 aromatic rings. The van der Waals surface area contributed by atoms with Crippen LogP contribution in [0, 0.1) is 0 Å². The Hall–Kier alpha value is -2.79. The van der Waals surface area contributed by atoms with Gasteiger partial charge < -0.3 is 29.7 Å². The van der Waals surface area contributed by atoms with E-state index in [0.29, 0.717) is 56.9 Å². The summed E-state index contributed by atoms with van der Waals surface area (Å²) in [5.74, 6) is 1.06. The van der Waals surface area contributed by atoms with Crippen molar-refractivity contribution in [1.82, 2.24) is 14.9 Å². The Bertz CT molecular complexity index is 848. The number of ether oxygens (including phenoxy) is 3. The first-order chi connectivity index (χ1) is 15.0. The van der Waals surface area contributed by atoms with Crippen LogP contribution in [0.1, 0.15) is 31.4 Å². The SMILES string of the molecule is COC1N=C(N)N=CC1c1cc(OC2CCN(C(C)=O)CC2)nc(N2CCOCC2)n1. The number of carbonyl (C=O) groups is 1. The van der Waals surface area contributed by atoms with Crippen LogP contribution in [0.3, 0.4) is 0 Å². The summed E-state index contributed by atoms with van der Waals surface area (Å²) in [5, 5.41) is 0. The molecule has 0 saturated carbocycles. The molecule has 2 fully saturated rings. The van der Waals surface area contributed by atoms with Gasteiger partial charge in [-0.25, -0.2) is 15.0 Å². The standard InChI is InChI=1S/C20H29N7O4/c1-13(28)26-5-3-14(4-6-26)31-17-11-16(15-12-22-19(21)25-18(15)29-2)23-20(24-17)27-7-9-30-10-8-27/h11-12,14-15,18H,3-10H2,1-2H3,(H2,21,25). The number of methoxy groups -OCH3 is 1. The van der Waals surface area contributed by atoms with E-state index in [1.54, 1.807) is 20.2 Å². The smallest absolute Gasteiger partial charge is 0.229 e. The summed E-state index contributed by atoms with van der Waals surface area (Å²) in [6.45, 7) is 5.63. The largest absolute Gasteiger partial charge is 0.474 e. The lowest BCUT2D eigenvalue weighted by atomic mass is 10.0. The maximum atomic E-state index is 11.6. The van der Waals surface area contributed by atoms with Gasteiger partial charge in [-0.1, -0.05) is 0 Å². The van der Waals surface area contributed by atoms with E-state index in [1.807, 2.05) is 11.0 Å². The summed E-state index contributed by atoms with van der Waals surface area (Å²) in [5.41, 5.74) is 6.45. The molecule has 1 amide bonds. The highest BCUT2D eigenvalue weighted by atomic mass is 16.5. The average Bonchev–Trinajstić information content (AvgIpc) is 2.79. The molecular formula is C20H29N7O4. The van der Waals surface area contributed by atoms with Gasteiger partial charge in [-0.15, -0.1) is 0 Å². The fraction of sp³-hybridized carbons (Fsp3) is 0.650. The second-order valence-corrected chi connectivity index (χ2v) is 7.77. The van der Waals surface area contributed by atoms with E-state index in [2.05, 4.69) is 19.9 Å². The number of hydrogen-bond acceptors (Lipinski definition) is 10. The van der Waals surface area contributed by atoms with Crippen LogP contribution >= 0.6 is 0 Å². The Labute approximate surface area is 181 Å². The van der Waals surface area contributed by atoms with Crippen molar-refractivity contribution in [3.63, 3.8) is 0 Å². The van der Waals surface area contributed by atoms with Gasteiger partial charge in [-0.05, 0) is 0 Å². The minimum Gasteiger partial charge on any atom is -0.474 e. The Morgan fingerprint density at radius 3 is 2.61 bits per heavy atom. The zero-order chi connectivity index (χ0) is 21.8. The predicted octanol–water partition coefficient (Wildman–Crippen LogP) is 0.158. The van der Waals surface area contributed by atoms with Crippen LogP contribution in [-0.4, -0.2) is 91.8 Å². The minimum atomic E-state index is -0.517. The third-order valence-electron chi connectivity index (χ3n) is 5.70. The zero-order valence-corrected chi connectivity index (χ0v) is 17.9. The number of amides is 1. The number of hydrogen-bond donors (Lipinski definition) is 1. The average molecular weight is 431 g/mol. The van der Waals surface area contributed by atoms with Gasteiger partial charge in [0.1, 0.15) is 6.10 Å². The molecule has 0 aromatic carbocycles. The van der Waals surface area contributed by atoms with Gasteiger partial charge in [0.2, 0.25) is 23.7 Å². The van der Waals surface area contributed by atoms with Crippen LogP contribution in [0.5, 0.6) is 5.88 Å². The van der Waals surface area contributed by atoms with Crippen LogP contribution in [0.2, 0.25) is 0 Å². The summed E-state index contributed by atoms with van der Waals surface area (Å²) in [6, 6.07) is 1.82. The van der Waals surface area contributed by atoms with E-state index in [-0.39, 0.29) is 23.9 Å². The highest BCUT2D eigenvalue weighted by molar-refractivity contribution is 5.90. The van der Waals surface area contributed by atoms with E-state index in [0.717, 1.165) is 12.8 Å². The second kappa shape index (κ2) is 9.56. The van der Waals surface area contributed by atoms with Crippen molar-refractivity contribution in [2.75, 3.05) is 51.4 Å². The Morgan fingerprint density at radius 2 is 1.94 bits per heavy atom. The van der Waals surface area contributed by atoms with Crippen LogP contribution in [-0.2, 0) is 14.3 Å². The Balaban J connectivity index is 1.58. The molecule has 4 rings (SSSR count). The molecule has 4 heterocycles. The number of rotatable bonds is 5. The van der Waals surface area contributed by atoms with Crippen molar-refractivity contribution in [2.45, 2.75) is 38.0 Å². The quantitative estimate of drug-likeness (QED) is 0.698. The lowest BCUT2D eigenvalue weighted by Gasteiger charge is -2.32. The fourth-order valence-electron chi connectivity index (χ4n) is 3.92. The fourth-order valence-corrected chi connectivity index (χ4v) is 3.92. The summed E-state index contributed by atoms with van der Waals surface area (Å²) < 4.78 is 17.2. The van der Waals surface area contributed by atoms with E-state index < -0.39 is 6.23 Å². The van der Waals surface area contributed by atoms with Gasteiger partial charge in [-0.2, -0.15) is 4.98 Å². The molecule has 1 aromatic heterocycles. The van der Waals surface area contributed by atoms with Gasteiger partial charge in [-0.3, -0.25) is 4.79 Å². The lowest BCUT2D eigenvalue weighted by molar-refractivity contribution is -0.130. The molecule has 3 aliphatic rings. The van der Waals surface area contributed by atoms with Gasteiger partial charge in [0.05, 0.1) is 24.8 Å². The van der Waals surface area contributed by atoms with Crippen LogP contribution < -0.4 is 15.4 Å². The first-order valence-electron chi connectivity index (χ1n) is 10.6. The molecule has 2 atom stereocenters. The van der Waals surface area contributed by atoms with Gasteiger partial charge >= 0.3 is 0 Å². The molecule has 0 spiro atoms. The van der Waals surface area contributed by atoms with Crippen LogP contribution in [0.4, 0.5) is 5.95 Å². The number of likely N-dealkylation sites (tertiary alicyclic amines) is 1. The number of nitrogens with two attached hydrogens (primary N) is 1. The van der Waals surface area contributed by atoms with Crippen molar-refractivity contribution >= 4 is 24.0 Å². The molecule has 3 aliphatic heterocycles. The number of aromatic nitrogens is 2. The molecule has 31 heavy (non-hydrogen) atoms. The normalized spacial score (nSPS) is 24.8. The Kier molecular flexibility index (Phi) is 6.62. The van der Waals surface area contributed by atoms with Crippen molar-refractivity contribution in [1.29, 1.82) is 0 Å². The first kappa shape index (κ1) is 21.4. The van der Waals surface area contributed by atoms with Crippen molar-refractivity contribution < 1.29 is 19.0 Å². The minimum absolute atomic E-state index is 0.0113. The highest BCUT2D eigenvalue weighted by Crippen LogP contribution is 2.28. The van der Waals surface area contributed by atoms with E-state index >= 15 is 0 Å². The molecular weight excluding hydrogens is 402 g/mol. The van der Waals surface area contributed by atoms with E-state index in [4.69, 9.17) is 24.9 Å². The number of aliphatic imine (C=N–C) groups is 2. The van der Waals surface area contributed by atoms with Crippen molar-refractivity contribution in [3.05, 3.63) is 11.8 Å². The molecule has 2 unspecified atom stereocenters. The van der Waals surface area contributed by atoms with Crippen LogP contribution in [0.25, 0.3) is 0 Å². The number of morpholine rings is 1. The molecule has 0 aliphatic carbocycles. The third kappa shape index (κ3) is 5.10. The molecule has 0 bridgehead atoms. The molecule has 2 N–H and O–H groups in total. The highest BCUT2D eigenvalue weighted by Gasteiger charge is 2.29.